The Morgan fingerprint density at radius 1 is 1.17 bits per heavy atom. The second kappa shape index (κ2) is 6.02. The molecule has 2 rings (SSSR count). The molecule has 104 valence electrons. The number of amides is 1. The van der Waals surface area contributed by atoms with Crippen molar-refractivity contribution in [3.05, 3.63) is 0 Å². The Hall–Kier alpha value is -0.610. The first-order valence-corrected chi connectivity index (χ1v) is 7.37. The van der Waals surface area contributed by atoms with Crippen LogP contribution in [0.2, 0.25) is 0 Å². The monoisotopic (exact) mass is 253 g/mol. The van der Waals surface area contributed by atoms with Gasteiger partial charge in [0.1, 0.15) is 0 Å². The molecule has 0 radical (unpaired) electrons. The number of carbonyl (C=O) groups is 1. The van der Waals surface area contributed by atoms with Gasteiger partial charge < -0.3 is 10.6 Å². The Balaban J connectivity index is 1.80. The van der Waals surface area contributed by atoms with E-state index in [9.17, 15) is 4.79 Å². The quantitative estimate of drug-likeness (QED) is 0.815. The molecule has 1 heterocycles. The molecule has 0 aromatic rings. The summed E-state index contributed by atoms with van der Waals surface area (Å²) in [5, 5.41) is 0. The van der Waals surface area contributed by atoms with Gasteiger partial charge >= 0.3 is 0 Å². The molecule has 18 heavy (non-hydrogen) atoms. The van der Waals surface area contributed by atoms with Crippen molar-refractivity contribution in [1.29, 1.82) is 0 Å². The summed E-state index contributed by atoms with van der Waals surface area (Å²) in [7, 11) is 0. The summed E-state index contributed by atoms with van der Waals surface area (Å²) in [6.45, 7) is 7.83. The molecule has 0 atom stereocenters. The minimum atomic E-state index is -0.0561. The van der Waals surface area contributed by atoms with Crippen LogP contribution in [-0.4, -0.2) is 55.0 Å². The van der Waals surface area contributed by atoms with E-state index in [1.807, 2.05) is 0 Å². The predicted molar refractivity (Wildman–Crippen MR) is 73.3 cm³/mol. The standard InChI is InChI=1S/C14H27N3O/c1-14(5-2-3-6-14)13(18)17-11-9-16(10-12-17)8-4-7-15/h2-12,15H2,1H3. The molecule has 2 N–H and O–H groups in total. The maximum absolute atomic E-state index is 12.5. The molecule has 1 saturated carbocycles. The maximum atomic E-state index is 12.5. The topological polar surface area (TPSA) is 49.6 Å². The minimum Gasteiger partial charge on any atom is -0.340 e. The van der Waals surface area contributed by atoms with Crippen LogP contribution in [0.25, 0.3) is 0 Å². The Morgan fingerprint density at radius 2 is 1.78 bits per heavy atom. The summed E-state index contributed by atoms with van der Waals surface area (Å²) in [5.74, 6) is 0.401. The molecule has 0 spiro atoms. The van der Waals surface area contributed by atoms with Crippen LogP contribution in [0.15, 0.2) is 0 Å². The van der Waals surface area contributed by atoms with Gasteiger partial charge in [0.2, 0.25) is 5.91 Å². The number of piperazine rings is 1. The van der Waals surface area contributed by atoms with Gasteiger partial charge in [-0.1, -0.05) is 19.8 Å². The summed E-state index contributed by atoms with van der Waals surface area (Å²) < 4.78 is 0. The third-order valence-electron chi connectivity index (χ3n) is 4.56. The molecule has 0 unspecified atom stereocenters. The second-order valence-corrected chi connectivity index (χ2v) is 6.04. The van der Waals surface area contributed by atoms with Gasteiger partial charge in [-0.25, -0.2) is 0 Å². The predicted octanol–water partition coefficient (Wildman–Crippen LogP) is 1.06. The van der Waals surface area contributed by atoms with E-state index in [0.29, 0.717) is 5.91 Å². The van der Waals surface area contributed by atoms with Gasteiger partial charge in [0.15, 0.2) is 0 Å². The van der Waals surface area contributed by atoms with Crippen LogP contribution in [0.4, 0.5) is 0 Å². The average molecular weight is 253 g/mol. The van der Waals surface area contributed by atoms with Crippen LogP contribution >= 0.6 is 0 Å². The van der Waals surface area contributed by atoms with E-state index in [4.69, 9.17) is 5.73 Å². The average Bonchev–Trinajstić information content (AvgIpc) is 2.84. The van der Waals surface area contributed by atoms with Gasteiger partial charge in [0.05, 0.1) is 0 Å². The lowest BCUT2D eigenvalue weighted by Crippen LogP contribution is -2.52. The highest BCUT2D eigenvalue weighted by Gasteiger charge is 2.39. The second-order valence-electron chi connectivity index (χ2n) is 6.04. The number of hydrogen-bond acceptors (Lipinski definition) is 3. The number of rotatable bonds is 4. The molecule has 4 heteroatoms. The van der Waals surface area contributed by atoms with Crippen LogP contribution in [0, 0.1) is 5.41 Å². The van der Waals surface area contributed by atoms with Crippen LogP contribution in [0.3, 0.4) is 0 Å². The van der Waals surface area contributed by atoms with E-state index in [-0.39, 0.29) is 5.41 Å². The summed E-state index contributed by atoms with van der Waals surface area (Å²) >= 11 is 0. The van der Waals surface area contributed by atoms with Crippen molar-refractivity contribution in [3.63, 3.8) is 0 Å². The van der Waals surface area contributed by atoms with Gasteiger partial charge in [-0.2, -0.15) is 0 Å². The highest BCUT2D eigenvalue weighted by Crippen LogP contribution is 2.39. The molecule has 0 bridgehead atoms. The number of nitrogens with two attached hydrogens (primary N) is 1. The third-order valence-corrected chi connectivity index (χ3v) is 4.56. The van der Waals surface area contributed by atoms with E-state index < -0.39 is 0 Å². The zero-order valence-corrected chi connectivity index (χ0v) is 11.7. The lowest BCUT2D eigenvalue weighted by molar-refractivity contribution is -0.142. The van der Waals surface area contributed by atoms with E-state index in [1.165, 1.54) is 12.8 Å². The molecule has 1 aliphatic carbocycles. The first-order valence-electron chi connectivity index (χ1n) is 7.37. The fourth-order valence-corrected chi connectivity index (χ4v) is 3.24. The normalized spacial score (nSPS) is 24.4. The molecule has 1 aliphatic heterocycles. The summed E-state index contributed by atoms with van der Waals surface area (Å²) in [4.78, 5) is 17.0. The Morgan fingerprint density at radius 3 is 2.33 bits per heavy atom. The van der Waals surface area contributed by atoms with Crippen molar-refractivity contribution in [2.24, 2.45) is 11.1 Å². The fourth-order valence-electron chi connectivity index (χ4n) is 3.24. The van der Waals surface area contributed by atoms with E-state index in [0.717, 1.165) is 58.5 Å². The highest BCUT2D eigenvalue weighted by atomic mass is 16.2. The van der Waals surface area contributed by atoms with Crippen molar-refractivity contribution in [2.75, 3.05) is 39.3 Å². The first-order chi connectivity index (χ1) is 8.65. The Kier molecular flexibility index (Phi) is 4.62. The lowest BCUT2D eigenvalue weighted by Gasteiger charge is -2.38. The largest absolute Gasteiger partial charge is 0.340 e. The van der Waals surface area contributed by atoms with Crippen LogP contribution in [0.5, 0.6) is 0 Å². The van der Waals surface area contributed by atoms with Gasteiger partial charge in [0, 0.05) is 31.6 Å². The number of hydrogen-bond donors (Lipinski definition) is 1. The zero-order valence-electron chi connectivity index (χ0n) is 11.7. The maximum Gasteiger partial charge on any atom is 0.228 e. The smallest absolute Gasteiger partial charge is 0.228 e. The minimum absolute atomic E-state index is 0.0561. The molecule has 0 aromatic heterocycles. The number of carbonyl (C=O) groups excluding carboxylic acids is 1. The molecule has 1 saturated heterocycles. The molecule has 1 amide bonds. The Bertz CT molecular complexity index is 279. The van der Waals surface area contributed by atoms with E-state index in [1.54, 1.807) is 0 Å². The van der Waals surface area contributed by atoms with Gasteiger partial charge in [-0.15, -0.1) is 0 Å². The molecule has 2 aliphatic rings. The highest BCUT2D eigenvalue weighted by molar-refractivity contribution is 5.82. The zero-order chi connectivity index (χ0) is 13.0. The van der Waals surface area contributed by atoms with Crippen molar-refractivity contribution >= 4 is 5.91 Å². The number of nitrogens with zero attached hydrogens (tertiary/aromatic N) is 2. The fraction of sp³-hybridized carbons (Fsp3) is 0.929. The van der Waals surface area contributed by atoms with Crippen molar-refractivity contribution in [1.82, 2.24) is 9.80 Å². The lowest BCUT2D eigenvalue weighted by atomic mass is 9.87. The van der Waals surface area contributed by atoms with E-state index in [2.05, 4.69) is 16.7 Å². The molecule has 0 aromatic carbocycles. The molecule has 2 fully saturated rings. The Labute approximate surface area is 110 Å². The van der Waals surface area contributed by atoms with Gasteiger partial charge in [-0.05, 0) is 32.4 Å². The van der Waals surface area contributed by atoms with E-state index >= 15 is 0 Å². The molecule has 4 nitrogen and oxygen atoms in total. The third kappa shape index (κ3) is 3.04. The molecular weight excluding hydrogens is 226 g/mol. The summed E-state index contributed by atoms with van der Waals surface area (Å²) in [6.07, 6.45) is 5.67. The summed E-state index contributed by atoms with van der Waals surface area (Å²) in [5.41, 5.74) is 5.47. The van der Waals surface area contributed by atoms with Crippen LogP contribution < -0.4 is 5.73 Å². The first kappa shape index (κ1) is 13.8. The molecular formula is C14H27N3O. The van der Waals surface area contributed by atoms with Crippen molar-refractivity contribution in [3.8, 4) is 0 Å². The SMILES string of the molecule is CC1(C(=O)N2CCN(CCCN)CC2)CCCC1. The van der Waals surface area contributed by atoms with Crippen LogP contribution in [0.1, 0.15) is 39.0 Å². The van der Waals surface area contributed by atoms with Gasteiger partial charge in [-0.3, -0.25) is 9.69 Å². The van der Waals surface area contributed by atoms with Crippen molar-refractivity contribution in [2.45, 2.75) is 39.0 Å². The summed E-state index contributed by atoms with van der Waals surface area (Å²) in [6, 6.07) is 0. The van der Waals surface area contributed by atoms with Crippen LogP contribution in [-0.2, 0) is 4.79 Å². The van der Waals surface area contributed by atoms with Crippen molar-refractivity contribution < 1.29 is 4.79 Å². The van der Waals surface area contributed by atoms with Gasteiger partial charge in [0.25, 0.3) is 0 Å².